The van der Waals surface area contributed by atoms with Crippen molar-refractivity contribution < 1.29 is 14.7 Å². The van der Waals surface area contributed by atoms with E-state index in [0.29, 0.717) is 12.2 Å². The van der Waals surface area contributed by atoms with Crippen LogP contribution in [0.2, 0.25) is 0 Å². The Morgan fingerprint density at radius 2 is 2.05 bits per heavy atom. The highest BCUT2D eigenvalue weighted by atomic mass is 17.0. The lowest BCUT2D eigenvalue weighted by atomic mass is 9.85. The quantitative estimate of drug-likeness (QED) is 0.361. The molecule has 0 aromatic rings. The predicted octanol–water partition coefficient (Wildman–Crippen LogP) is 4.25. The molecule has 1 saturated carbocycles. The Bertz CT molecular complexity index is 317. The summed E-state index contributed by atoms with van der Waals surface area (Å²) >= 11 is 0. The average molecular weight is 285 g/mol. The van der Waals surface area contributed by atoms with Gasteiger partial charge in [0.1, 0.15) is 0 Å². The molecule has 0 aliphatic heterocycles. The predicted molar refractivity (Wildman–Crippen MR) is 77.7 cm³/mol. The number of hydrogen-bond acceptors (Lipinski definition) is 4. The number of rotatable bonds is 9. The van der Waals surface area contributed by atoms with Crippen LogP contribution in [0.5, 0.6) is 0 Å². The van der Waals surface area contributed by atoms with Crippen molar-refractivity contribution in [2.24, 2.45) is 5.92 Å². The molecule has 0 heterocycles. The van der Waals surface area contributed by atoms with Gasteiger partial charge in [-0.1, -0.05) is 39.2 Å². The van der Waals surface area contributed by atoms with Crippen molar-refractivity contribution in [3.05, 3.63) is 21.9 Å². The average Bonchev–Trinajstić information content (AvgIpc) is 2.43. The summed E-state index contributed by atoms with van der Waals surface area (Å²) in [6.45, 7) is 4.92. The normalized spacial score (nSPS) is 23.6. The molecule has 0 radical (unpaired) electrons. The highest BCUT2D eigenvalue weighted by Gasteiger charge is 2.24. The number of allylic oxidation sites excluding steroid dienone is 1. The molecule has 1 aliphatic rings. The third kappa shape index (κ3) is 6.37. The fraction of sp³-hybridized carbons (Fsp3) is 0.867. The maximum atomic E-state index is 10.6. The van der Waals surface area contributed by atoms with Crippen molar-refractivity contribution in [1.82, 2.24) is 0 Å². The minimum Gasteiger partial charge on any atom is -0.378 e. The summed E-state index contributed by atoms with van der Waals surface area (Å²) in [5.41, 5.74) is 0. The molecule has 0 unspecified atom stereocenters. The van der Waals surface area contributed by atoms with E-state index in [0.717, 1.165) is 45.1 Å². The van der Waals surface area contributed by atoms with Gasteiger partial charge < -0.3 is 4.74 Å². The molecule has 5 nitrogen and oxygen atoms in total. The fourth-order valence-electron chi connectivity index (χ4n) is 2.64. The lowest BCUT2D eigenvalue weighted by Crippen LogP contribution is -2.27. The molecule has 2 atom stereocenters. The van der Waals surface area contributed by atoms with Crippen molar-refractivity contribution in [2.75, 3.05) is 6.61 Å². The molecule has 1 aliphatic carbocycles. The van der Waals surface area contributed by atoms with Crippen molar-refractivity contribution in [3.8, 4) is 0 Å². The molecule has 0 amide bonds. The Hall–Kier alpha value is -1.10. The van der Waals surface area contributed by atoms with Gasteiger partial charge in [0.2, 0.25) is 0 Å². The van der Waals surface area contributed by atoms with Crippen LogP contribution in [-0.2, 0) is 9.57 Å². The van der Waals surface area contributed by atoms with Gasteiger partial charge in [0.25, 0.3) is 5.09 Å². The first-order valence-electron chi connectivity index (χ1n) is 7.82. The summed E-state index contributed by atoms with van der Waals surface area (Å²) in [5, 5.41) is 9.88. The molecule has 1 fully saturated rings. The van der Waals surface area contributed by atoms with Gasteiger partial charge in [-0.3, -0.25) is 4.84 Å². The summed E-state index contributed by atoms with van der Waals surface area (Å²) < 4.78 is 5.89. The van der Waals surface area contributed by atoms with Crippen LogP contribution in [0.3, 0.4) is 0 Å². The van der Waals surface area contributed by atoms with E-state index < -0.39 is 5.09 Å². The molecular weight excluding hydrogens is 258 g/mol. The molecular formula is C15H27NO4. The smallest absolute Gasteiger partial charge is 0.299 e. The van der Waals surface area contributed by atoms with Gasteiger partial charge in [-0.25, -0.2) is 0 Å². The molecule has 0 saturated heterocycles. The molecule has 5 heteroatoms. The standard InChI is InChI=1S/C15H27NO4/c1-3-5-9-14(20-16(17)18)12-13-8-6-7-10-15(13)19-11-4-2/h12-13,15H,3-11H2,1-2H3/b14-12-/t13-,15-/m1/s1. The Labute approximate surface area is 121 Å². The maximum absolute atomic E-state index is 10.6. The van der Waals surface area contributed by atoms with Gasteiger partial charge in [-0.05, 0) is 32.1 Å². The first-order valence-corrected chi connectivity index (χ1v) is 7.82. The molecule has 20 heavy (non-hydrogen) atoms. The maximum Gasteiger partial charge on any atom is 0.299 e. The number of hydrogen-bond donors (Lipinski definition) is 0. The molecule has 1 rings (SSSR count). The molecule has 0 spiro atoms. The number of ether oxygens (including phenoxy) is 1. The van der Waals surface area contributed by atoms with Gasteiger partial charge in [-0.2, -0.15) is 0 Å². The number of nitrogens with zero attached hydrogens (tertiary/aromatic N) is 1. The molecule has 0 aromatic heterocycles. The van der Waals surface area contributed by atoms with Crippen LogP contribution in [-0.4, -0.2) is 17.8 Å². The fourth-order valence-corrected chi connectivity index (χ4v) is 2.64. The van der Waals surface area contributed by atoms with Crippen LogP contribution in [0.4, 0.5) is 0 Å². The van der Waals surface area contributed by atoms with Crippen LogP contribution < -0.4 is 0 Å². The first kappa shape index (κ1) is 17.0. The zero-order chi connectivity index (χ0) is 14.8. The minimum absolute atomic E-state index is 0.190. The zero-order valence-electron chi connectivity index (χ0n) is 12.7. The van der Waals surface area contributed by atoms with Crippen molar-refractivity contribution in [1.29, 1.82) is 0 Å². The summed E-state index contributed by atoms with van der Waals surface area (Å²) in [5.74, 6) is 0.746. The van der Waals surface area contributed by atoms with Crippen molar-refractivity contribution >= 4 is 0 Å². The molecule has 0 N–H and O–H groups in total. The Balaban J connectivity index is 2.67. The summed E-state index contributed by atoms with van der Waals surface area (Å²) in [6.07, 6.45) is 10.1. The van der Waals surface area contributed by atoms with Crippen LogP contribution in [0.15, 0.2) is 11.8 Å². The van der Waals surface area contributed by atoms with Crippen LogP contribution in [0.25, 0.3) is 0 Å². The van der Waals surface area contributed by atoms with E-state index in [4.69, 9.17) is 9.57 Å². The molecule has 116 valence electrons. The van der Waals surface area contributed by atoms with E-state index >= 15 is 0 Å². The van der Waals surface area contributed by atoms with E-state index in [2.05, 4.69) is 13.8 Å². The van der Waals surface area contributed by atoms with Crippen molar-refractivity contribution in [2.45, 2.75) is 71.3 Å². The summed E-state index contributed by atoms with van der Waals surface area (Å²) in [6, 6.07) is 0. The second kappa shape index (κ2) is 9.75. The third-order valence-electron chi connectivity index (χ3n) is 3.66. The van der Waals surface area contributed by atoms with E-state index in [9.17, 15) is 10.1 Å². The lowest BCUT2D eigenvalue weighted by molar-refractivity contribution is -0.743. The van der Waals surface area contributed by atoms with Gasteiger partial charge in [0, 0.05) is 12.5 Å². The largest absolute Gasteiger partial charge is 0.378 e. The Kier molecular flexibility index (Phi) is 8.26. The first-order chi connectivity index (χ1) is 9.67. The van der Waals surface area contributed by atoms with E-state index in [-0.39, 0.29) is 12.0 Å². The van der Waals surface area contributed by atoms with Gasteiger partial charge in [0.15, 0.2) is 0 Å². The number of unbranched alkanes of at least 4 members (excludes halogenated alkanes) is 1. The summed E-state index contributed by atoms with van der Waals surface area (Å²) in [7, 11) is 0. The van der Waals surface area contributed by atoms with Crippen LogP contribution in [0, 0.1) is 16.0 Å². The Morgan fingerprint density at radius 1 is 1.30 bits per heavy atom. The molecule has 0 bridgehead atoms. The lowest BCUT2D eigenvalue weighted by Gasteiger charge is -2.30. The van der Waals surface area contributed by atoms with E-state index in [1.165, 1.54) is 6.42 Å². The van der Waals surface area contributed by atoms with Gasteiger partial charge >= 0.3 is 0 Å². The third-order valence-corrected chi connectivity index (χ3v) is 3.66. The van der Waals surface area contributed by atoms with Crippen LogP contribution in [0.1, 0.15) is 65.2 Å². The highest BCUT2D eigenvalue weighted by molar-refractivity contribution is 5.00. The van der Waals surface area contributed by atoms with Gasteiger partial charge in [0.05, 0.1) is 11.9 Å². The zero-order valence-corrected chi connectivity index (χ0v) is 12.7. The Morgan fingerprint density at radius 3 is 2.70 bits per heavy atom. The highest BCUT2D eigenvalue weighted by Crippen LogP contribution is 2.30. The topological polar surface area (TPSA) is 61.6 Å². The summed E-state index contributed by atoms with van der Waals surface area (Å²) in [4.78, 5) is 15.3. The minimum atomic E-state index is -0.702. The van der Waals surface area contributed by atoms with Gasteiger partial charge in [-0.15, -0.1) is 10.1 Å². The molecule has 0 aromatic carbocycles. The SMILES string of the molecule is CCCC/C(=C/[C@H]1CCCC[C@H]1OCCC)O[N+](=O)[O-]. The van der Waals surface area contributed by atoms with Crippen molar-refractivity contribution in [3.63, 3.8) is 0 Å². The van der Waals surface area contributed by atoms with Crippen LogP contribution >= 0.6 is 0 Å². The van der Waals surface area contributed by atoms with E-state index in [1.54, 1.807) is 0 Å². The second-order valence-electron chi connectivity index (χ2n) is 5.41. The van der Waals surface area contributed by atoms with E-state index in [1.807, 2.05) is 6.08 Å². The second-order valence-corrected chi connectivity index (χ2v) is 5.41. The monoisotopic (exact) mass is 285 g/mol.